The fourth-order valence-electron chi connectivity index (χ4n) is 1.28. The molecule has 0 bridgehead atoms. The zero-order chi connectivity index (χ0) is 12.8. The van der Waals surface area contributed by atoms with Crippen molar-refractivity contribution in [2.24, 2.45) is 0 Å². The summed E-state index contributed by atoms with van der Waals surface area (Å²) >= 11 is 0. The van der Waals surface area contributed by atoms with Gasteiger partial charge in [-0.3, -0.25) is 4.79 Å². The van der Waals surface area contributed by atoms with Gasteiger partial charge in [0, 0.05) is 12.4 Å². The lowest BCUT2D eigenvalue weighted by atomic mass is 10.2. The van der Waals surface area contributed by atoms with E-state index in [1.807, 2.05) is 6.07 Å². The summed E-state index contributed by atoms with van der Waals surface area (Å²) in [6.07, 6.45) is 2.92. The van der Waals surface area contributed by atoms with Crippen LogP contribution in [0.1, 0.15) is 21.7 Å². The lowest BCUT2D eigenvalue weighted by Gasteiger charge is -2.03. The Hall–Kier alpha value is -2.81. The molecule has 0 atom stereocenters. The van der Waals surface area contributed by atoms with Crippen LogP contribution in [0.2, 0.25) is 0 Å². The molecule has 0 saturated heterocycles. The summed E-state index contributed by atoms with van der Waals surface area (Å²) in [6.45, 7) is 0.286. The number of nitriles is 1. The summed E-state index contributed by atoms with van der Waals surface area (Å²) in [5.74, 6) is -0.315. The topological polar surface area (TPSA) is 91.6 Å². The van der Waals surface area contributed by atoms with Crippen LogP contribution in [0.25, 0.3) is 0 Å². The van der Waals surface area contributed by atoms with Gasteiger partial charge in [0.25, 0.3) is 5.91 Å². The van der Waals surface area contributed by atoms with Crippen molar-refractivity contribution in [1.29, 1.82) is 5.26 Å². The van der Waals surface area contributed by atoms with Gasteiger partial charge in [0.05, 0.1) is 17.8 Å². The molecule has 0 radical (unpaired) electrons. The summed E-state index contributed by atoms with van der Waals surface area (Å²) in [6, 6.07) is 8.50. The van der Waals surface area contributed by atoms with E-state index < -0.39 is 0 Å². The van der Waals surface area contributed by atoms with Crippen molar-refractivity contribution < 1.29 is 4.79 Å². The summed E-state index contributed by atoms with van der Waals surface area (Å²) in [4.78, 5) is 15.6. The molecule has 0 aliphatic rings. The van der Waals surface area contributed by atoms with Crippen molar-refractivity contribution in [3.05, 3.63) is 53.6 Å². The number of pyridine rings is 1. The van der Waals surface area contributed by atoms with Crippen molar-refractivity contribution in [2.75, 3.05) is 0 Å². The van der Waals surface area contributed by atoms with Crippen LogP contribution in [0.3, 0.4) is 0 Å². The van der Waals surface area contributed by atoms with E-state index in [0.717, 1.165) is 0 Å². The van der Waals surface area contributed by atoms with Gasteiger partial charge in [0.1, 0.15) is 11.8 Å². The second-order valence-corrected chi connectivity index (χ2v) is 3.44. The molecule has 0 aliphatic carbocycles. The molecule has 2 heterocycles. The Labute approximate surface area is 103 Å². The molecule has 0 spiro atoms. The van der Waals surface area contributed by atoms with Crippen LogP contribution in [0.4, 0.5) is 0 Å². The minimum absolute atomic E-state index is 0.262. The predicted molar refractivity (Wildman–Crippen MR) is 62.2 cm³/mol. The van der Waals surface area contributed by atoms with Crippen LogP contribution >= 0.6 is 0 Å². The highest BCUT2D eigenvalue weighted by Crippen LogP contribution is 1.99. The number of hydrogen-bond acceptors (Lipinski definition) is 5. The maximum absolute atomic E-state index is 11.7. The second-order valence-electron chi connectivity index (χ2n) is 3.44. The van der Waals surface area contributed by atoms with Crippen LogP contribution in [0, 0.1) is 11.3 Å². The standard InChI is InChI=1S/C12H9N5O/c13-6-9-3-4-11(14-7-9)12(18)15-8-10-2-1-5-16-17-10/h1-5,7H,8H2,(H,15,18). The maximum atomic E-state index is 11.7. The molecule has 0 unspecified atom stereocenters. The van der Waals surface area contributed by atoms with Crippen molar-refractivity contribution >= 4 is 5.91 Å². The number of aromatic nitrogens is 3. The van der Waals surface area contributed by atoms with Gasteiger partial charge in [-0.2, -0.15) is 15.5 Å². The molecule has 18 heavy (non-hydrogen) atoms. The molecule has 2 aromatic rings. The van der Waals surface area contributed by atoms with Crippen molar-refractivity contribution in [2.45, 2.75) is 6.54 Å². The zero-order valence-corrected chi connectivity index (χ0v) is 9.37. The first-order chi connectivity index (χ1) is 8.79. The van der Waals surface area contributed by atoms with Gasteiger partial charge < -0.3 is 5.32 Å². The summed E-state index contributed by atoms with van der Waals surface area (Å²) < 4.78 is 0. The average Bonchev–Trinajstić information content (AvgIpc) is 2.46. The summed E-state index contributed by atoms with van der Waals surface area (Å²) in [5.41, 5.74) is 1.35. The molecule has 6 heteroatoms. The number of amides is 1. The normalized spacial score (nSPS) is 9.50. The molecule has 88 valence electrons. The van der Waals surface area contributed by atoms with Crippen molar-refractivity contribution in [3.63, 3.8) is 0 Å². The summed E-state index contributed by atoms with van der Waals surface area (Å²) in [5, 5.41) is 18.8. The van der Waals surface area contributed by atoms with Gasteiger partial charge in [-0.05, 0) is 24.3 Å². The molecule has 0 saturated carbocycles. The van der Waals surface area contributed by atoms with Gasteiger partial charge in [0.15, 0.2) is 0 Å². The monoisotopic (exact) mass is 239 g/mol. The van der Waals surface area contributed by atoms with Gasteiger partial charge in [-0.1, -0.05) is 0 Å². The maximum Gasteiger partial charge on any atom is 0.270 e. The molecule has 0 aliphatic heterocycles. The number of carbonyl (C=O) groups excluding carboxylic acids is 1. The quantitative estimate of drug-likeness (QED) is 0.850. The fourth-order valence-corrected chi connectivity index (χ4v) is 1.28. The third kappa shape index (κ3) is 2.86. The van der Waals surface area contributed by atoms with E-state index in [1.165, 1.54) is 12.3 Å². The molecule has 6 nitrogen and oxygen atoms in total. The Kier molecular flexibility index (Phi) is 3.56. The van der Waals surface area contributed by atoms with Crippen LogP contribution in [0.5, 0.6) is 0 Å². The van der Waals surface area contributed by atoms with Gasteiger partial charge >= 0.3 is 0 Å². The number of rotatable bonds is 3. The van der Waals surface area contributed by atoms with Crippen molar-refractivity contribution in [3.8, 4) is 6.07 Å². The van der Waals surface area contributed by atoms with Crippen LogP contribution in [0.15, 0.2) is 36.7 Å². The first kappa shape index (κ1) is 11.7. The van der Waals surface area contributed by atoms with E-state index in [9.17, 15) is 4.79 Å². The lowest BCUT2D eigenvalue weighted by molar-refractivity contribution is 0.0945. The fraction of sp³-hybridized carbons (Fsp3) is 0.0833. The van der Waals surface area contributed by atoms with E-state index in [0.29, 0.717) is 11.3 Å². The highest BCUT2D eigenvalue weighted by Gasteiger charge is 2.06. The minimum Gasteiger partial charge on any atom is -0.345 e. The third-order valence-electron chi connectivity index (χ3n) is 2.18. The molecule has 1 amide bonds. The second kappa shape index (κ2) is 5.50. The number of hydrogen-bond donors (Lipinski definition) is 1. The minimum atomic E-state index is -0.315. The smallest absolute Gasteiger partial charge is 0.270 e. The Balaban J connectivity index is 1.98. The van der Waals surface area contributed by atoms with Crippen LogP contribution < -0.4 is 5.32 Å². The number of carbonyl (C=O) groups is 1. The third-order valence-corrected chi connectivity index (χ3v) is 2.18. The van der Waals surface area contributed by atoms with Crippen LogP contribution in [-0.4, -0.2) is 21.1 Å². The first-order valence-electron chi connectivity index (χ1n) is 5.20. The van der Waals surface area contributed by atoms with Gasteiger partial charge in [0.2, 0.25) is 0 Å². The molecule has 0 fully saturated rings. The van der Waals surface area contributed by atoms with E-state index in [-0.39, 0.29) is 18.1 Å². The highest BCUT2D eigenvalue weighted by molar-refractivity contribution is 5.92. The molecular formula is C12H9N5O. The summed E-state index contributed by atoms with van der Waals surface area (Å²) in [7, 11) is 0. The molecule has 1 N–H and O–H groups in total. The van der Waals surface area contributed by atoms with E-state index in [2.05, 4.69) is 20.5 Å². The SMILES string of the molecule is N#Cc1ccc(C(=O)NCc2cccnn2)nc1. The van der Waals surface area contributed by atoms with Crippen LogP contribution in [-0.2, 0) is 6.54 Å². The molecule has 0 aromatic carbocycles. The molecular weight excluding hydrogens is 230 g/mol. The molecule has 2 rings (SSSR count). The van der Waals surface area contributed by atoms with Crippen molar-refractivity contribution in [1.82, 2.24) is 20.5 Å². The molecule has 2 aromatic heterocycles. The largest absolute Gasteiger partial charge is 0.345 e. The Morgan fingerprint density at radius 3 is 2.89 bits per heavy atom. The zero-order valence-electron chi connectivity index (χ0n) is 9.37. The average molecular weight is 239 g/mol. The Bertz CT molecular complexity index is 574. The lowest BCUT2D eigenvalue weighted by Crippen LogP contribution is -2.24. The Morgan fingerprint density at radius 2 is 2.28 bits per heavy atom. The van der Waals surface area contributed by atoms with Gasteiger partial charge in [-0.15, -0.1) is 0 Å². The Morgan fingerprint density at radius 1 is 1.39 bits per heavy atom. The first-order valence-corrected chi connectivity index (χ1v) is 5.20. The predicted octanol–water partition coefficient (Wildman–Crippen LogP) is 0.673. The number of nitrogens with one attached hydrogen (secondary N) is 1. The van der Waals surface area contributed by atoms with E-state index in [1.54, 1.807) is 24.4 Å². The highest BCUT2D eigenvalue weighted by atomic mass is 16.1. The van der Waals surface area contributed by atoms with Gasteiger partial charge in [-0.25, -0.2) is 4.98 Å². The van der Waals surface area contributed by atoms with E-state index in [4.69, 9.17) is 5.26 Å². The van der Waals surface area contributed by atoms with E-state index >= 15 is 0 Å². The number of nitrogens with zero attached hydrogens (tertiary/aromatic N) is 4.